The first kappa shape index (κ1) is 16.9. The molecule has 3 aliphatic rings. The lowest BCUT2D eigenvalue weighted by atomic mass is 9.87. The molecular formula is C18H20N4O4. The maximum Gasteiger partial charge on any atom is 0.262 e. The number of piperidine rings is 1. The van der Waals surface area contributed by atoms with Gasteiger partial charge >= 0.3 is 0 Å². The van der Waals surface area contributed by atoms with Crippen LogP contribution in [0.3, 0.4) is 0 Å². The van der Waals surface area contributed by atoms with Gasteiger partial charge in [0.25, 0.3) is 11.8 Å². The summed E-state index contributed by atoms with van der Waals surface area (Å²) >= 11 is 0. The number of nitrogens with two attached hydrogens (primary N) is 1. The van der Waals surface area contributed by atoms with Gasteiger partial charge in [-0.2, -0.15) is 0 Å². The van der Waals surface area contributed by atoms with E-state index in [0.29, 0.717) is 17.7 Å². The molecule has 4 amide bonds. The van der Waals surface area contributed by atoms with Crippen molar-refractivity contribution in [1.29, 1.82) is 0 Å². The minimum atomic E-state index is -0.944. The number of nitrogens with zero attached hydrogens (tertiary/aromatic N) is 1. The number of hydrogen-bond donors (Lipinski definition) is 3. The average molecular weight is 356 g/mol. The standard InChI is InChI=1S/C18H20N4O4/c19-11-4-5-12(11)20-8-9-2-1-3-10-15(9)18(26)22(17(10)25)13-6-7-14(23)21-16(13)24/h1-3,11-13,20H,4-8,19H2,(H,21,23,24)/t11-,12-,13?/m1/s1. The van der Waals surface area contributed by atoms with Crippen LogP contribution in [0.1, 0.15) is 52.0 Å². The molecule has 1 unspecified atom stereocenters. The van der Waals surface area contributed by atoms with Gasteiger partial charge in [-0.05, 0) is 30.9 Å². The largest absolute Gasteiger partial charge is 0.326 e. The van der Waals surface area contributed by atoms with E-state index in [1.165, 1.54) is 0 Å². The number of fused-ring (bicyclic) bond motifs is 1. The third-order valence-electron chi connectivity index (χ3n) is 5.44. The van der Waals surface area contributed by atoms with Crippen LogP contribution < -0.4 is 16.4 Å². The van der Waals surface area contributed by atoms with Crippen molar-refractivity contribution < 1.29 is 19.2 Å². The lowest BCUT2D eigenvalue weighted by Gasteiger charge is -2.34. The molecule has 3 atom stereocenters. The minimum absolute atomic E-state index is 0.109. The molecule has 4 N–H and O–H groups in total. The molecule has 2 heterocycles. The molecular weight excluding hydrogens is 336 g/mol. The van der Waals surface area contributed by atoms with Crippen LogP contribution in [0, 0.1) is 0 Å². The Morgan fingerprint density at radius 2 is 1.92 bits per heavy atom. The summed E-state index contributed by atoms with van der Waals surface area (Å²) in [7, 11) is 0. The Morgan fingerprint density at radius 1 is 1.12 bits per heavy atom. The molecule has 8 heteroatoms. The van der Waals surface area contributed by atoms with Gasteiger partial charge in [0.05, 0.1) is 11.1 Å². The van der Waals surface area contributed by atoms with Gasteiger partial charge in [-0.25, -0.2) is 0 Å². The van der Waals surface area contributed by atoms with Crippen molar-refractivity contribution in [2.45, 2.75) is 50.4 Å². The number of carbonyl (C=O) groups excluding carboxylic acids is 4. The molecule has 1 aromatic rings. The van der Waals surface area contributed by atoms with Gasteiger partial charge < -0.3 is 11.1 Å². The second kappa shape index (κ2) is 6.30. The predicted octanol–water partition coefficient (Wildman–Crippen LogP) is -0.333. The summed E-state index contributed by atoms with van der Waals surface area (Å²) < 4.78 is 0. The molecule has 1 aromatic carbocycles. The second-order valence-corrected chi connectivity index (χ2v) is 7.02. The van der Waals surface area contributed by atoms with Gasteiger partial charge in [0.1, 0.15) is 6.04 Å². The molecule has 0 aromatic heterocycles. The van der Waals surface area contributed by atoms with Crippen LogP contribution in [0.15, 0.2) is 18.2 Å². The highest BCUT2D eigenvalue weighted by Crippen LogP contribution is 2.30. The van der Waals surface area contributed by atoms with Gasteiger partial charge in [-0.1, -0.05) is 12.1 Å². The second-order valence-electron chi connectivity index (χ2n) is 7.02. The molecule has 136 valence electrons. The van der Waals surface area contributed by atoms with Crippen LogP contribution in [-0.2, 0) is 16.1 Å². The Bertz CT molecular complexity index is 821. The van der Waals surface area contributed by atoms with E-state index in [1.54, 1.807) is 18.2 Å². The third kappa shape index (κ3) is 2.62. The topological polar surface area (TPSA) is 122 Å². The fourth-order valence-electron chi connectivity index (χ4n) is 3.75. The van der Waals surface area contributed by atoms with E-state index in [2.05, 4.69) is 10.6 Å². The Kier molecular flexibility index (Phi) is 4.08. The fourth-order valence-corrected chi connectivity index (χ4v) is 3.75. The number of nitrogens with one attached hydrogen (secondary N) is 2. The van der Waals surface area contributed by atoms with Crippen molar-refractivity contribution in [3.8, 4) is 0 Å². The monoisotopic (exact) mass is 356 g/mol. The zero-order chi connectivity index (χ0) is 18.4. The Hall–Kier alpha value is -2.58. The normalized spacial score (nSPS) is 28.0. The summed E-state index contributed by atoms with van der Waals surface area (Å²) in [6.45, 7) is 0.434. The van der Waals surface area contributed by atoms with Crippen LogP contribution in [0.4, 0.5) is 0 Å². The summed E-state index contributed by atoms with van der Waals surface area (Å²) in [5.41, 5.74) is 7.29. The quantitative estimate of drug-likeness (QED) is 0.635. The van der Waals surface area contributed by atoms with E-state index < -0.39 is 23.8 Å². The Morgan fingerprint density at radius 3 is 2.58 bits per heavy atom. The van der Waals surface area contributed by atoms with Crippen molar-refractivity contribution in [3.05, 3.63) is 34.9 Å². The highest BCUT2D eigenvalue weighted by molar-refractivity contribution is 6.24. The van der Waals surface area contributed by atoms with E-state index in [-0.39, 0.29) is 30.8 Å². The molecule has 2 fully saturated rings. The van der Waals surface area contributed by atoms with Crippen LogP contribution in [0.25, 0.3) is 0 Å². The summed E-state index contributed by atoms with van der Waals surface area (Å²) in [5.74, 6) is -1.95. The third-order valence-corrected chi connectivity index (χ3v) is 5.44. The van der Waals surface area contributed by atoms with E-state index in [9.17, 15) is 19.2 Å². The minimum Gasteiger partial charge on any atom is -0.326 e. The lowest BCUT2D eigenvalue weighted by Crippen LogP contribution is -2.54. The molecule has 0 bridgehead atoms. The zero-order valence-electron chi connectivity index (χ0n) is 14.2. The van der Waals surface area contributed by atoms with E-state index >= 15 is 0 Å². The van der Waals surface area contributed by atoms with Gasteiger partial charge in [-0.3, -0.25) is 29.4 Å². The molecule has 4 rings (SSSR count). The number of carbonyl (C=O) groups is 4. The number of hydrogen-bond acceptors (Lipinski definition) is 6. The lowest BCUT2D eigenvalue weighted by molar-refractivity contribution is -0.136. The molecule has 0 spiro atoms. The zero-order valence-corrected chi connectivity index (χ0v) is 14.2. The first-order valence-corrected chi connectivity index (χ1v) is 8.80. The molecule has 1 saturated carbocycles. The first-order valence-electron chi connectivity index (χ1n) is 8.80. The highest BCUT2D eigenvalue weighted by Gasteiger charge is 2.45. The highest BCUT2D eigenvalue weighted by atomic mass is 16.2. The molecule has 26 heavy (non-hydrogen) atoms. The molecule has 1 saturated heterocycles. The van der Waals surface area contributed by atoms with E-state index in [4.69, 9.17) is 5.73 Å². The maximum atomic E-state index is 12.9. The van der Waals surface area contributed by atoms with Gasteiger partial charge in [0, 0.05) is 25.0 Å². The van der Waals surface area contributed by atoms with Crippen molar-refractivity contribution in [1.82, 2.24) is 15.5 Å². The van der Waals surface area contributed by atoms with Gasteiger partial charge in [0.2, 0.25) is 11.8 Å². The Balaban J connectivity index is 1.58. The van der Waals surface area contributed by atoms with Crippen LogP contribution in [-0.4, -0.2) is 46.7 Å². The summed E-state index contributed by atoms with van der Waals surface area (Å²) in [6, 6.07) is 4.51. The molecule has 1 aliphatic carbocycles. The average Bonchev–Trinajstić information content (AvgIpc) is 2.86. The molecule has 2 aliphatic heterocycles. The van der Waals surface area contributed by atoms with E-state index in [1.807, 2.05) is 0 Å². The SMILES string of the molecule is N[C@@H]1CC[C@H]1NCc1cccc2c1C(=O)N(C1CCC(=O)NC1=O)C2=O. The first-order chi connectivity index (χ1) is 12.5. The number of imide groups is 2. The van der Waals surface area contributed by atoms with Gasteiger partial charge in [-0.15, -0.1) is 0 Å². The molecule has 0 radical (unpaired) electrons. The van der Waals surface area contributed by atoms with Crippen molar-refractivity contribution in [2.24, 2.45) is 5.73 Å². The molecule has 8 nitrogen and oxygen atoms in total. The van der Waals surface area contributed by atoms with Crippen LogP contribution in [0.2, 0.25) is 0 Å². The fraction of sp³-hybridized carbons (Fsp3) is 0.444. The van der Waals surface area contributed by atoms with Crippen molar-refractivity contribution in [2.75, 3.05) is 0 Å². The number of benzene rings is 1. The van der Waals surface area contributed by atoms with Crippen LogP contribution in [0.5, 0.6) is 0 Å². The summed E-state index contributed by atoms with van der Waals surface area (Å²) in [6.07, 6.45) is 2.23. The Labute approximate surface area is 150 Å². The van der Waals surface area contributed by atoms with E-state index in [0.717, 1.165) is 23.3 Å². The smallest absolute Gasteiger partial charge is 0.262 e. The summed E-state index contributed by atoms with van der Waals surface area (Å²) in [5, 5.41) is 5.53. The van der Waals surface area contributed by atoms with Gasteiger partial charge in [0.15, 0.2) is 0 Å². The summed E-state index contributed by atoms with van der Waals surface area (Å²) in [4.78, 5) is 50.1. The van der Waals surface area contributed by atoms with Crippen LogP contribution >= 0.6 is 0 Å². The van der Waals surface area contributed by atoms with Crippen molar-refractivity contribution >= 4 is 23.6 Å². The number of rotatable bonds is 4. The predicted molar refractivity (Wildman–Crippen MR) is 91.0 cm³/mol. The maximum absolute atomic E-state index is 12.9. The number of amides is 4. The van der Waals surface area contributed by atoms with Crippen molar-refractivity contribution in [3.63, 3.8) is 0 Å².